The van der Waals surface area contributed by atoms with Gasteiger partial charge in [-0.25, -0.2) is 13.6 Å². The third-order valence-corrected chi connectivity index (χ3v) is 2.07. The first kappa shape index (κ1) is 10.6. The Morgan fingerprint density at radius 2 is 2.12 bits per heavy atom. The fourth-order valence-corrected chi connectivity index (χ4v) is 1.26. The van der Waals surface area contributed by atoms with E-state index in [4.69, 9.17) is 9.47 Å². The second-order valence-electron chi connectivity index (χ2n) is 3.32. The largest absolute Gasteiger partial charge is 0.448 e. The molecule has 1 aliphatic heterocycles. The van der Waals surface area contributed by atoms with Crippen LogP contribution in [0.15, 0.2) is 29.8 Å². The number of carbonyl (C=O) groups excluding carboxylic acids is 1. The molecule has 16 heavy (non-hydrogen) atoms. The number of hydrogen-bond donors (Lipinski definition) is 0. The summed E-state index contributed by atoms with van der Waals surface area (Å²) < 4.78 is 35.6. The van der Waals surface area contributed by atoms with E-state index < -0.39 is 23.9 Å². The summed E-state index contributed by atoms with van der Waals surface area (Å²) in [5, 5.41) is 0. The van der Waals surface area contributed by atoms with Crippen molar-refractivity contribution in [1.29, 1.82) is 0 Å². The minimum atomic E-state index is -0.951. The number of halogens is 2. The van der Waals surface area contributed by atoms with Crippen LogP contribution in [0.2, 0.25) is 0 Å². The molecule has 0 N–H and O–H groups in total. The number of ether oxygens (including phenoxy) is 2. The van der Waals surface area contributed by atoms with Crippen molar-refractivity contribution >= 4 is 5.97 Å². The van der Waals surface area contributed by atoms with Crippen molar-refractivity contribution in [2.24, 2.45) is 0 Å². The van der Waals surface area contributed by atoms with Crippen LogP contribution in [-0.4, -0.2) is 12.3 Å². The van der Waals surface area contributed by atoms with Gasteiger partial charge >= 0.3 is 5.97 Å². The standard InChI is InChI=1S/C11H8F2O3/c1-6-4-10(16-11(6)14)15-9-3-2-7(12)5-8(9)13/h2-5,10H,1H3. The summed E-state index contributed by atoms with van der Waals surface area (Å²) in [5.41, 5.74) is 0.396. The van der Waals surface area contributed by atoms with Crippen molar-refractivity contribution in [2.45, 2.75) is 13.2 Å². The molecule has 0 bridgehead atoms. The zero-order valence-corrected chi connectivity index (χ0v) is 8.37. The van der Waals surface area contributed by atoms with Gasteiger partial charge in [0.25, 0.3) is 6.29 Å². The van der Waals surface area contributed by atoms with E-state index >= 15 is 0 Å². The fourth-order valence-electron chi connectivity index (χ4n) is 1.26. The first-order chi connectivity index (χ1) is 7.56. The van der Waals surface area contributed by atoms with Gasteiger partial charge in [-0.1, -0.05) is 0 Å². The van der Waals surface area contributed by atoms with Crippen LogP contribution in [-0.2, 0) is 9.53 Å². The number of esters is 1. The molecule has 1 aliphatic rings. The van der Waals surface area contributed by atoms with Crippen molar-refractivity contribution < 1.29 is 23.0 Å². The van der Waals surface area contributed by atoms with Crippen LogP contribution in [0.1, 0.15) is 6.92 Å². The Morgan fingerprint density at radius 1 is 1.38 bits per heavy atom. The highest BCUT2D eigenvalue weighted by Crippen LogP contribution is 2.22. The lowest BCUT2D eigenvalue weighted by Crippen LogP contribution is -2.16. The maximum Gasteiger partial charge on any atom is 0.336 e. The molecule has 1 aromatic rings. The second-order valence-corrected chi connectivity index (χ2v) is 3.32. The molecule has 2 rings (SSSR count). The van der Waals surface area contributed by atoms with Crippen LogP contribution in [0, 0.1) is 11.6 Å². The fraction of sp³-hybridized carbons (Fsp3) is 0.182. The molecule has 5 heteroatoms. The van der Waals surface area contributed by atoms with E-state index in [2.05, 4.69) is 0 Å². The van der Waals surface area contributed by atoms with Gasteiger partial charge in [-0.3, -0.25) is 0 Å². The van der Waals surface area contributed by atoms with E-state index in [0.29, 0.717) is 11.6 Å². The Balaban J connectivity index is 2.14. The highest BCUT2D eigenvalue weighted by atomic mass is 19.1. The quantitative estimate of drug-likeness (QED) is 0.725. The van der Waals surface area contributed by atoms with E-state index in [1.807, 2.05) is 0 Å². The molecule has 0 fully saturated rings. The van der Waals surface area contributed by atoms with E-state index in [-0.39, 0.29) is 5.75 Å². The smallest absolute Gasteiger partial charge is 0.336 e. The number of carbonyl (C=O) groups is 1. The van der Waals surface area contributed by atoms with Crippen molar-refractivity contribution in [3.63, 3.8) is 0 Å². The first-order valence-corrected chi connectivity index (χ1v) is 4.57. The summed E-state index contributed by atoms with van der Waals surface area (Å²) in [6.45, 7) is 1.56. The van der Waals surface area contributed by atoms with E-state index in [1.165, 1.54) is 6.08 Å². The average Bonchev–Trinajstić information content (AvgIpc) is 2.51. The Labute approximate surface area is 90.3 Å². The van der Waals surface area contributed by atoms with Crippen molar-refractivity contribution in [3.8, 4) is 5.75 Å². The van der Waals surface area contributed by atoms with Gasteiger partial charge in [-0.2, -0.15) is 0 Å². The minimum absolute atomic E-state index is 0.162. The van der Waals surface area contributed by atoms with Gasteiger partial charge in [-0.15, -0.1) is 0 Å². The number of benzene rings is 1. The van der Waals surface area contributed by atoms with Crippen LogP contribution in [0.5, 0.6) is 5.75 Å². The molecular formula is C11H8F2O3. The van der Waals surface area contributed by atoms with Gasteiger partial charge < -0.3 is 9.47 Å². The Bertz CT molecular complexity index is 468. The molecule has 1 atom stereocenters. The molecular weight excluding hydrogens is 218 g/mol. The van der Waals surface area contributed by atoms with Crippen LogP contribution in [0.3, 0.4) is 0 Å². The third kappa shape index (κ3) is 2.03. The third-order valence-electron chi connectivity index (χ3n) is 2.07. The normalized spacial score (nSPS) is 19.3. The second kappa shape index (κ2) is 3.92. The molecule has 1 heterocycles. The van der Waals surface area contributed by atoms with Crippen LogP contribution >= 0.6 is 0 Å². The number of rotatable bonds is 2. The lowest BCUT2D eigenvalue weighted by atomic mass is 10.3. The topological polar surface area (TPSA) is 35.5 Å². The van der Waals surface area contributed by atoms with E-state index in [0.717, 1.165) is 12.1 Å². The van der Waals surface area contributed by atoms with E-state index in [9.17, 15) is 13.6 Å². The van der Waals surface area contributed by atoms with Crippen LogP contribution in [0.25, 0.3) is 0 Å². The molecule has 0 aromatic heterocycles. The SMILES string of the molecule is CC1=CC(Oc2ccc(F)cc2F)OC1=O. The molecule has 0 aliphatic carbocycles. The van der Waals surface area contributed by atoms with Crippen molar-refractivity contribution in [3.05, 3.63) is 41.5 Å². The van der Waals surface area contributed by atoms with E-state index in [1.54, 1.807) is 6.92 Å². The molecule has 0 spiro atoms. The van der Waals surface area contributed by atoms with Gasteiger partial charge in [0.1, 0.15) is 5.82 Å². The zero-order valence-electron chi connectivity index (χ0n) is 8.37. The summed E-state index contributed by atoms with van der Waals surface area (Å²) in [4.78, 5) is 11.0. The molecule has 84 valence electrons. The Morgan fingerprint density at radius 3 is 2.69 bits per heavy atom. The van der Waals surface area contributed by atoms with Gasteiger partial charge in [0.05, 0.1) is 0 Å². The van der Waals surface area contributed by atoms with Crippen molar-refractivity contribution in [2.75, 3.05) is 0 Å². The molecule has 0 amide bonds. The molecule has 0 saturated heterocycles. The molecule has 1 unspecified atom stereocenters. The van der Waals surface area contributed by atoms with Crippen LogP contribution < -0.4 is 4.74 Å². The van der Waals surface area contributed by atoms with Gasteiger partial charge in [0.2, 0.25) is 0 Å². The molecule has 1 aromatic carbocycles. The predicted molar refractivity (Wildman–Crippen MR) is 50.6 cm³/mol. The summed E-state index contributed by atoms with van der Waals surface area (Å²) in [6.07, 6.45) is 0.470. The molecule has 0 radical (unpaired) electrons. The van der Waals surface area contributed by atoms with Gasteiger partial charge in [0.15, 0.2) is 11.6 Å². The summed E-state index contributed by atoms with van der Waals surface area (Å²) in [7, 11) is 0. The lowest BCUT2D eigenvalue weighted by Gasteiger charge is -2.11. The zero-order chi connectivity index (χ0) is 11.7. The summed E-state index contributed by atoms with van der Waals surface area (Å²) in [5.74, 6) is -2.20. The monoisotopic (exact) mass is 226 g/mol. The number of hydrogen-bond acceptors (Lipinski definition) is 3. The maximum atomic E-state index is 13.2. The highest BCUT2D eigenvalue weighted by molar-refractivity contribution is 5.90. The number of cyclic esters (lactones) is 1. The van der Waals surface area contributed by atoms with Gasteiger partial charge in [0, 0.05) is 17.7 Å². The lowest BCUT2D eigenvalue weighted by molar-refractivity contribution is -0.148. The Kier molecular flexibility index (Phi) is 2.60. The van der Waals surface area contributed by atoms with Crippen LogP contribution in [0.4, 0.5) is 8.78 Å². The van der Waals surface area contributed by atoms with Gasteiger partial charge in [-0.05, 0) is 19.1 Å². The predicted octanol–water partition coefficient (Wildman–Crippen LogP) is 2.17. The Hall–Kier alpha value is -1.91. The maximum absolute atomic E-state index is 13.2. The highest BCUT2D eigenvalue weighted by Gasteiger charge is 2.24. The summed E-state index contributed by atoms with van der Waals surface area (Å²) in [6, 6.07) is 2.90. The summed E-state index contributed by atoms with van der Waals surface area (Å²) >= 11 is 0. The average molecular weight is 226 g/mol. The molecule has 3 nitrogen and oxygen atoms in total. The minimum Gasteiger partial charge on any atom is -0.448 e. The van der Waals surface area contributed by atoms with Crippen molar-refractivity contribution in [1.82, 2.24) is 0 Å². The first-order valence-electron chi connectivity index (χ1n) is 4.57. The molecule has 0 saturated carbocycles.